The summed E-state index contributed by atoms with van der Waals surface area (Å²) in [5.74, 6) is 0.224. The highest BCUT2D eigenvalue weighted by molar-refractivity contribution is 7.98. The Balaban J connectivity index is 1.98. The summed E-state index contributed by atoms with van der Waals surface area (Å²) < 4.78 is 6.74. The van der Waals surface area contributed by atoms with Crippen LogP contribution in [0.4, 0.5) is 4.79 Å². The molecule has 2 aromatic heterocycles. The van der Waals surface area contributed by atoms with Crippen molar-refractivity contribution < 1.29 is 14.3 Å². The lowest BCUT2D eigenvalue weighted by molar-refractivity contribution is -0.122. The topological polar surface area (TPSA) is 111 Å². The number of aryl methyl sites for hydroxylation is 2. The summed E-state index contributed by atoms with van der Waals surface area (Å²) in [5, 5.41) is 5.03. The number of aromatic nitrogens is 4. The van der Waals surface area contributed by atoms with Gasteiger partial charge in [0.25, 0.3) is 5.78 Å². The van der Waals surface area contributed by atoms with Crippen molar-refractivity contribution in [1.29, 1.82) is 0 Å². The van der Waals surface area contributed by atoms with Crippen molar-refractivity contribution in [3.8, 4) is 0 Å². The normalized spacial score (nSPS) is 11.5. The summed E-state index contributed by atoms with van der Waals surface area (Å²) in [6.07, 6.45) is 1.86. The molecule has 142 valence electrons. The highest BCUT2D eigenvalue weighted by atomic mass is 32.2. The van der Waals surface area contributed by atoms with E-state index in [0.717, 1.165) is 17.0 Å². The van der Waals surface area contributed by atoms with Gasteiger partial charge in [0.15, 0.2) is 0 Å². The van der Waals surface area contributed by atoms with Crippen LogP contribution in [0.5, 0.6) is 0 Å². The molecule has 0 bridgehead atoms. The van der Waals surface area contributed by atoms with Crippen LogP contribution in [-0.4, -0.2) is 43.4 Å². The first kappa shape index (κ1) is 20.0. The maximum atomic E-state index is 12.0. The molecule has 10 heteroatoms. The van der Waals surface area contributed by atoms with Gasteiger partial charge in [0.1, 0.15) is 5.60 Å². The molecule has 0 fully saturated rings. The Kier molecular flexibility index (Phi) is 6.06. The zero-order valence-electron chi connectivity index (χ0n) is 15.8. The lowest BCUT2D eigenvalue weighted by Crippen LogP contribution is -2.44. The number of fused-ring (bicyclic) bond motifs is 1. The molecule has 0 aliphatic rings. The van der Waals surface area contributed by atoms with E-state index in [4.69, 9.17) is 4.74 Å². The van der Waals surface area contributed by atoms with Gasteiger partial charge in [-0.3, -0.25) is 10.2 Å². The van der Waals surface area contributed by atoms with Gasteiger partial charge in [0.2, 0.25) is 11.1 Å². The van der Waals surface area contributed by atoms with Gasteiger partial charge in [-0.2, -0.15) is 4.98 Å². The second-order valence-electron chi connectivity index (χ2n) is 6.75. The van der Waals surface area contributed by atoms with Gasteiger partial charge in [-0.1, -0.05) is 11.8 Å². The Hall–Kier alpha value is -2.36. The largest absolute Gasteiger partial charge is 0.443 e. The molecule has 0 radical (unpaired) electrons. The Labute approximate surface area is 156 Å². The van der Waals surface area contributed by atoms with Crippen molar-refractivity contribution >= 4 is 29.5 Å². The van der Waals surface area contributed by atoms with Gasteiger partial charge in [-0.25, -0.2) is 19.7 Å². The van der Waals surface area contributed by atoms with Gasteiger partial charge < -0.3 is 4.74 Å². The number of ether oxygens (including phenoxy) is 1. The van der Waals surface area contributed by atoms with Crippen LogP contribution in [0.15, 0.2) is 5.16 Å². The third kappa shape index (κ3) is 5.07. The van der Waals surface area contributed by atoms with E-state index < -0.39 is 11.7 Å². The minimum absolute atomic E-state index is 0.189. The van der Waals surface area contributed by atoms with E-state index in [-0.39, 0.29) is 12.3 Å². The number of carbonyl (C=O) groups is 2. The summed E-state index contributed by atoms with van der Waals surface area (Å²) in [5.41, 5.74) is 6.59. The molecule has 2 N–H and O–H groups in total. The van der Waals surface area contributed by atoms with E-state index in [2.05, 4.69) is 25.9 Å². The van der Waals surface area contributed by atoms with Crippen LogP contribution in [-0.2, 0) is 16.0 Å². The lowest BCUT2D eigenvalue weighted by Gasteiger charge is -2.19. The minimum atomic E-state index is -0.700. The molecule has 0 aliphatic carbocycles. The summed E-state index contributed by atoms with van der Waals surface area (Å²) in [6, 6.07) is 0. The quantitative estimate of drug-likeness (QED) is 0.616. The average Bonchev–Trinajstić information content (AvgIpc) is 2.94. The predicted molar refractivity (Wildman–Crippen MR) is 97.9 cm³/mol. The van der Waals surface area contributed by atoms with E-state index in [1.54, 1.807) is 25.3 Å². The van der Waals surface area contributed by atoms with Crippen molar-refractivity contribution in [3.63, 3.8) is 0 Å². The summed E-state index contributed by atoms with van der Waals surface area (Å²) >= 11 is 1.45. The van der Waals surface area contributed by atoms with Crippen LogP contribution in [0.1, 0.15) is 44.1 Å². The maximum absolute atomic E-state index is 12.0. The van der Waals surface area contributed by atoms with Gasteiger partial charge in [0.05, 0.1) is 0 Å². The third-order valence-electron chi connectivity index (χ3n) is 3.52. The zero-order valence-corrected chi connectivity index (χ0v) is 16.7. The van der Waals surface area contributed by atoms with Crippen LogP contribution in [0, 0.1) is 13.8 Å². The Morgan fingerprint density at radius 1 is 1.19 bits per heavy atom. The number of nitrogens with zero attached hydrogens (tertiary/aromatic N) is 4. The summed E-state index contributed by atoms with van der Waals surface area (Å²) in [6.45, 7) is 9.04. The number of amides is 2. The fourth-order valence-corrected chi connectivity index (χ4v) is 2.70. The van der Waals surface area contributed by atoms with Crippen molar-refractivity contribution in [2.75, 3.05) is 6.26 Å². The van der Waals surface area contributed by atoms with Crippen LogP contribution in [0.3, 0.4) is 0 Å². The fourth-order valence-electron chi connectivity index (χ4n) is 2.36. The first-order chi connectivity index (χ1) is 12.1. The van der Waals surface area contributed by atoms with E-state index in [9.17, 15) is 9.59 Å². The minimum Gasteiger partial charge on any atom is -0.443 e. The molecule has 0 saturated heterocycles. The fraction of sp³-hybridized carbons (Fsp3) is 0.562. The monoisotopic (exact) mass is 380 g/mol. The van der Waals surface area contributed by atoms with Crippen molar-refractivity contribution in [1.82, 2.24) is 30.4 Å². The first-order valence-corrected chi connectivity index (χ1v) is 9.38. The van der Waals surface area contributed by atoms with Crippen molar-refractivity contribution in [3.05, 3.63) is 17.0 Å². The maximum Gasteiger partial charge on any atom is 0.426 e. The van der Waals surface area contributed by atoms with Gasteiger partial charge in [-0.05, 0) is 52.9 Å². The molecule has 2 aromatic rings. The summed E-state index contributed by atoms with van der Waals surface area (Å²) in [4.78, 5) is 32.3. The van der Waals surface area contributed by atoms with Crippen molar-refractivity contribution in [2.45, 2.75) is 58.2 Å². The molecule has 0 spiro atoms. The number of hydrazine groups is 1. The van der Waals surface area contributed by atoms with Crippen LogP contribution in [0.2, 0.25) is 0 Å². The van der Waals surface area contributed by atoms with Crippen molar-refractivity contribution in [2.24, 2.45) is 0 Å². The molecule has 9 nitrogen and oxygen atoms in total. The predicted octanol–water partition coefficient (Wildman–Crippen LogP) is 1.95. The van der Waals surface area contributed by atoms with Gasteiger partial charge >= 0.3 is 6.09 Å². The molecule has 0 aliphatic heterocycles. The van der Waals surface area contributed by atoms with Gasteiger partial charge in [0, 0.05) is 17.8 Å². The number of thioether (sulfide) groups is 1. The molecule has 0 atom stereocenters. The number of hydrogen-bond donors (Lipinski definition) is 2. The molecule has 0 saturated carbocycles. The van der Waals surface area contributed by atoms with E-state index in [1.165, 1.54) is 11.8 Å². The lowest BCUT2D eigenvalue weighted by atomic mass is 10.1. The smallest absolute Gasteiger partial charge is 0.426 e. The average molecular weight is 380 g/mol. The molecule has 2 amide bonds. The molecular weight excluding hydrogens is 356 g/mol. The molecule has 2 rings (SSSR count). The van der Waals surface area contributed by atoms with E-state index in [1.807, 2.05) is 20.1 Å². The zero-order chi connectivity index (χ0) is 19.5. The Morgan fingerprint density at radius 3 is 2.50 bits per heavy atom. The molecule has 2 heterocycles. The molecule has 0 unspecified atom stereocenters. The summed E-state index contributed by atoms with van der Waals surface area (Å²) in [7, 11) is 0. The standard InChI is InChI=1S/C16H24N6O3S/c1-9-11(10(2)22-13(17-9)18-14(21-22)26-6)7-8-12(23)19-20-15(24)25-16(3,4)5/h7-8H2,1-6H3,(H,19,23)(H,20,24). The van der Waals surface area contributed by atoms with Crippen LogP contribution < -0.4 is 10.9 Å². The third-order valence-corrected chi connectivity index (χ3v) is 4.06. The van der Waals surface area contributed by atoms with Crippen LogP contribution >= 0.6 is 11.8 Å². The van der Waals surface area contributed by atoms with E-state index in [0.29, 0.717) is 17.4 Å². The Morgan fingerprint density at radius 2 is 1.88 bits per heavy atom. The number of rotatable bonds is 4. The van der Waals surface area contributed by atoms with Gasteiger partial charge in [-0.15, -0.1) is 5.10 Å². The first-order valence-electron chi connectivity index (χ1n) is 8.15. The number of nitrogens with one attached hydrogen (secondary N) is 2. The second kappa shape index (κ2) is 7.90. The van der Waals surface area contributed by atoms with Crippen LogP contribution in [0.25, 0.3) is 5.78 Å². The Bertz CT molecular complexity index is 827. The highest BCUT2D eigenvalue weighted by Gasteiger charge is 2.17. The number of carbonyl (C=O) groups excluding carboxylic acids is 2. The molecule has 26 heavy (non-hydrogen) atoms. The highest BCUT2D eigenvalue weighted by Crippen LogP contribution is 2.17. The number of hydrogen-bond acceptors (Lipinski definition) is 7. The SMILES string of the molecule is CSc1nc2nc(C)c(CCC(=O)NNC(=O)OC(C)(C)C)c(C)n2n1. The molecule has 0 aromatic carbocycles. The second-order valence-corrected chi connectivity index (χ2v) is 7.52. The van der Waals surface area contributed by atoms with E-state index >= 15 is 0 Å². The molecular formula is C16H24N6O3S.